The van der Waals surface area contributed by atoms with Crippen molar-refractivity contribution in [1.82, 2.24) is 0 Å². The first kappa shape index (κ1) is 21.1. The minimum atomic E-state index is -3.02. The Morgan fingerprint density at radius 1 is 1.18 bits per heavy atom. The lowest BCUT2D eigenvalue weighted by molar-refractivity contribution is 0.222. The van der Waals surface area contributed by atoms with Crippen LogP contribution < -0.4 is 0 Å². The first-order chi connectivity index (χ1) is 10.1. The van der Waals surface area contributed by atoms with Crippen LogP contribution in [0.3, 0.4) is 0 Å². The second kappa shape index (κ2) is 8.41. The molecule has 0 aromatic carbocycles. The van der Waals surface area contributed by atoms with Crippen molar-refractivity contribution in [2.24, 2.45) is 0 Å². The topological polar surface area (TPSA) is 44.8 Å². The Balaban J connectivity index is 2.57. The molecule has 0 aromatic heterocycles. The Morgan fingerprint density at radius 2 is 1.73 bits per heavy atom. The molecule has 0 aromatic rings. The van der Waals surface area contributed by atoms with Gasteiger partial charge in [-0.3, -0.25) is 4.57 Å². The van der Waals surface area contributed by atoms with Gasteiger partial charge in [0.25, 0.3) is 0 Å². The monoisotopic (exact) mass is 386 g/mol. The normalized spacial score (nSPS) is 24.0. The van der Waals surface area contributed by atoms with E-state index in [2.05, 4.69) is 33.9 Å². The predicted molar refractivity (Wildman–Crippen MR) is 102 cm³/mol. The molecule has 1 fully saturated rings. The van der Waals surface area contributed by atoms with E-state index >= 15 is 0 Å². The van der Waals surface area contributed by atoms with Crippen molar-refractivity contribution in [2.45, 2.75) is 62.3 Å². The maximum Gasteiger partial charge on any atom is 0.353 e. The zero-order chi connectivity index (χ0) is 17.0. The molecule has 0 unspecified atom stereocenters. The highest BCUT2D eigenvalue weighted by atomic mass is 32.2. The molecule has 0 radical (unpaired) electrons. The van der Waals surface area contributed by atoms with E-state index in [1.165, 1.54) is 0 Å². The first-order valence-corrected chi connectivity index (χ1v) is 14.4. The molecule has 132 valence electrons. The Morgan fingerprint density at radius 3 is 2.18 bits per heavy atom. The molecular weight excluding hydrogens is 355 g/mol. The molecule has 1 heterocycles. The molecule has 1 aliphatic heterocycles. The second-order valence-corrected chi connectivity index (χ2v) is 17.3. The summed E-state index contributed by atoms with van der Waals surface area (Å²) in [4.78, 5) is 0. The quantitative estimate of drug-likeness (QED) is 0.411. The fourth-order valence-corrected chi connectivity index (χ4v) is 9.29. The molecule has 0 saturated carbocycles. The summed E-state index contributed by atoms with van der Waals surface area (Å²) in [5, 5.41) is 0.577. The molecule has 0 aliphatic carbocycles. The minimum absolute atomic E-state index is 0.125. The zero-order valence-corrected chi connectivity index (χ0v) is 18.4. The van der Waals surface area contributed by atoms with Gasteiger partial charge in [-0.2, -0.15) is 0 Å². The van der Waals surface area contributed by atoms with E-state index in [-0.39, 0.29) is 9.36 Å². The molecule has 1 aliphatic rings. The van der Waals surface area contributed by atoms with Gasteiger partial charge >= 0.3 is 7.60 Å². The summed E-state index contributed by atoms with van der Waals surface area (Å²) < 4.78 is 29.9. The van der Waals surface area contributed by atoms with E-state index in [0.717, 1.165) is 12.4 Å². The molecule has 1 saturated heterocycles. The molecule has 0 bridgehead atoms. The molecule has 2 atom stereocenters. The van der Waals surface area contributed by atoms with Crippen LogP contribution in [0.5, 0.6) is 0 Å². The summed E-state index contributed by atoms with van der Waals surface area (Å²) in [6.45, 7) is 16.5. The zero-order valence-electron chi connectivity index (χ0n) is 14.9. The van der Waals surface area contributed by atoms with Crippen LogP contribution >= 0.6 is 31.1 Å². The lowest BCUT2D eigenvalue weighted by Crippen LogP contribution is -2.42. The van der Waals surface area contributed by atoms with Crippen LogP contribution in [-0.2, 0) is 18.0 Å². The van der Waals surface area contributed by atoms with Gasteiger partial charge in [-0.15, -0.1) is 23.5 Å². The third-order valence-electron chi connectivity index (χ3n) is 4.05. The van der Waals surface area contributed by atoms with Gasteiger partial charge in [0.2, 0.25) is 0 Å². The van der Waals surface area contributed by atoms with Gasteiger partial charge in [-0.05, 0) is 32.0 Å². The highest BCUT2D eigenvalue weighted by Gasteiger charge is 2.44. The standard InChI is InChI=1S/C14H31O4PS2Si/c1-8-16-19(15,17-9-2)13-20-11-12(21-13)10-18-22(6,7)14(3,4)5/h12-13H,8-11H2,1-7H3/t12-,13+/m1/s1. The smallest absolute Gasteiger partial charge is 0.353 e. The fourth-order valence-electron chi connectivity index (χ4n) is 1.72. The molecule has 0 amide bonds. The van der Waals surface area contributed by atoms with Crippen molar-refractivity contribution < 1.29 is 18.0 Å². The Kier molecular flexibility index (Phi) is 8.06. The van der Waals surface area contributed by atoms with Crippen molar-refractivity contribution in [3.05, 3.63) is 0 Å². The van der Waals surface area contributed by atoms with Crippen molar-refractivity contribution in [3.8, 4) is 0 Å². The summed E-state index contributed by atoms with van der Waals surface area (Å²) in [7, 11) is -4.74. The maximum absolute atomic E-state index is 12.8. The summed E-state index contributed by atoms with van der Waals surface area (Å²) in [6, 6.07) is 0. The van der Waals surface area contributed by atoms with E-state index in [9.17, 15) is 4.57 Å². The molecule has 8 heteroatoms. The number of thioether (sulfide) groups is 2. The van der Waals surface area contributed by atoms with E-state index in [0.29, 0.717) is 18.5 Å². The average Bonchev–Trinajstić information content (AvgIpc) is 2.85. The molecule has 4 nitrogen and oxygen atoms in total. The number of hydrogen-bond acceptors (Lipinski definition) is 6. The van der Waals surface area contributed by atoms with Crippen LogP contribution in [0.4, 0.5) is 0 Å². The lowest BCUT2D eigenvalue weighted by Gasteiger charge is -2.36. The SMILES string of the molecule is CCOP(=O)(OCC)[C@H]1SC[C@@H](CO[Si](C)(C)C(C)(C)C)S1. The van der Waals surface area contributed by atoms with Crippen molar-refractivity contribution in [2.75, 3.05) is 25.6 Å². The van der Waals surface area contributed by atoms with Crippen molar-refractivity contribution in [1.29, 1.82) is 0 Å². The van der Waals surface area contributed by atoms with Crippen LogP contribution in [0.25, 0.3) is 0 Å². The van der Waals surface area contributed by atoms with E-state index in [1.807, 2.05) is 13.8 Å². The maximum atomic E-state index is 12.8. The fraction of sp³-hybridized carbons (Fsp3) is 1.00. The highest BCUT2D eigenvalue weighted by molar-refractivity contribution is 8.26. The van der Waals surface area contributed by atoms with E-state index < -0.39 is 15.9 Å². The van der Waals surface area contributed by atoms with Gasteiger partial charge in [-0.1, -0.05) is 20.8 Å². The van der Waals surface area contributed by atoms with Crippen LogP contribution in [0, 0.1) is 0 Å². The molecule has 1 rings (SSSR count). The Hall–Kier alpha value is 1.03. The largest absolute Gasteiger partial charge is 0.416 e. The van der Waals surface area contributed by atoms with E-state index in [4.69, 9.17) is 13.5 Å². The molecule has 0 N–H and O–H groups in total. The van der Waals surface area contributed by atoms with Crippen molar-refractivity contribution >= 4 is 39.4 Å². The van der Waals surface area contributed by atoms with Crippen LogP contribution in [-0.4, -0.2) is 43.5 Å². The molecular formula is C14H31O4PS2Si. The van der Waals surface area contributed by atoms with Gasteiger partial charge in [-0.25, -0.2) is 0 Å². The molecule has 0 spiro atoms. The summed E-state index contributed by atoms with van der Waals surface area (Å²) in [5.74, 6) is 0.939. The minimum Gasteiger partial charge on any atom is -0.416 e. The second-order valence-electron chi connectivity index (χ2n) is 6.85. The van der Waals surface area contributed by atoms with Crippen LogP contribution in [0.2, 0.25) is 18.1 Å². The highest BCUT2D eigenvalue weighted by Crippen LogP contribution is 2.64. The van der Waals surface area contributed by atoms with Gasteiger partial charge < -0.3 is 13.5 Å². The van der Waals surface area contributed by atoms with Gasteiger partial charge in [0.05, 0.1) is 13.2 Å². The van der Waals surface area contributed by atoms with Crippen LogP contribution in [0.15, 0.2) is 0 Å². The Bertz CT molecular complexity index is 391. The van der Waals surface area contributed by atoms with Gasteiger partial charge in [0, 0.05) is 17.6 Å². The number of rotatable bonds is 8. The van der Waals surface area contributed by atoms with Crippen LogP contribution in [0.1, 0.15) is 34.6 Å². The molecule has 22 heavy (non-hydrogen) atoms. The Labute approximate surface area is 145 Å². The van der Waals surface area contributed by atoms with Gasteiger partial charge in [0.15, 0.2) is 12.6 Å². The predicted octanol–water partition coefficient (Wildman–Crippen LogP) is 5.41. The summed E-state index contributed by atoms with van der Waals surface area (Å²) >= 11 is 3.38. The van der Waals surface area contributed by atoms with Crippen molar-refractivity contribution in [3.63, 3.8) is 0 Å². The number of hydrogen-bond donors (Lipinski definition) is 0. The first-order valence-electron chi connectivity index (χ1n) is 7.85. The average molecular weight is 387 g/mol. The lowest BCUT2D eigenvalue weighted by atomic mass is 10.2. The summed E-state index contributed by atoms with van der Waals surface area (Å²) in [5.41, 5.74) is 0. The summed E-state index contributed by atoms with van der Waals surface area (Å²) in [6.07, 6.45) is 0. The third kappa shape index (κ3) is 5.54. The third-order valence-corrected chi connectivity index (χ3v) is 15.4. The van der Waals surface area contributed by atoms with Gasteiger partial charge in [0.1, 0.15) is 0 Å². The van der Waals surface area contributed by atoms with E-state index in [1.54, 1.807) is 23.5 Å².